The average molecular weight is 553 g/mol. The van der Waals surface area contributed by atoms with Gasteiger partial charge in [-0.25, -0.2) is 4.39 Å². The lowest BCUT2D eigenvalue weighted by Crippen LogP contribution is -2.14. The normalized spacial score (nSPS) is 11.3. The zero-order valence-corrected chi connectivity index (χ0v) is 22.6. The number of H-pyrrole nitrogens is 2. The van der Waals surface area contributed by atoms with Crippen LogP contribution >= 0.6 is 0 Å². The molecular formula is C34H25FN6O. The van der Waals surface area contributed by atoms with E-state index in [2.05, 4.69) is 36.5 Å². The predicted molar refractivity (Wildman–Crippen MR) is 163 cm³/mol. The lowest BCUT2D eigenvalue weighted by molar-refractivity contribution is -0.115. The van der Waals surface area contributed by atoms with Crippen molar-refractivity contribution in [2.24, 2.45) is 0 Å². The monoisotopic (exact) mass is 552 g/mol. The summed E-state index contributed by atoms with van der Waals surface area (Å²) in [5, 5.41) is 12.5. The molecule has 42 heavy (non-hydrogen) atoms. The number of carbonyl (C=O) groups is 1. The van der Waals surface area contributed by atoms with Crippen molar-refractivity contribution in [3.05, 3.63) is 120 Å². The Morgan fingerprint density at radius 1 is 0.833 bits per heavy atom. The van der Waals surface area contributed by atoms with Crippen LogP contribution in [0.2, 0.25) is 0 Å². The van der Waals surface area contributed by atoms with E-state index in [-0.39, 0.29) is 18.1 Å². The fourth-order valence-electron chi connectivity index (χ4n) is 5.34. The van der Waals surface area contributed by atoms with Gasteiger partial charge in [0.2, 0.25) is 5.91 Å². The number of benzene rings is 3. The number of nitrogens with zero attached hydrogens (tertiary/aromatic N) is 3. The van der Waals surface area contributed by atoms with Crippen LogP contribution in [0.25, 0.3) is 55.6 Å². The molecule has 7 rings (SSSR count). The molecule has 0 aliphatic carbocycles. The van der Waals surface area contributed by atoms with E-state index in [1.807, 2.05) is 73.7 Å². The maximum absolute atomic E-state index is 14.2. The predicted octanol–water partition coefficient (Wildman–Crippen LogP) is 7.46. The van der Waals surface area contributed by atoms with Crippen LogP contribution < -0.4 is 5.32 Å². The van der Waals surface area contributed by atoms with E-state index < -0.39 is 0 Å². The molecule has 3 N–H and O–H groups in total. The highest BCUT2D eigenvalue weighted by molar-refractivity contribution is 6.01. The third kappa shape index (κ3) is 4.90. The van der Waals surface area contributed by atoms with Crippen LogP contribution in [-0.4, -0.2) is 31.1 Å². The van der Waals surface area contributed by atoms with E-state index in [9.17, 15) is 9.18 Å². The third-order valence-corrected chi connectivity index (χ3v) is 7.24. The second-order valence-corrected chi connectivity index (χ2v) is 10.3. The average Bonchev–Trinajstić information content (AvgIpc) is 3.61. The maximum Gasteiger partial charge on any atom is 0.228 e. The molecule has 0 unspecified atom stereocenters. The second kappa shape index (κ2) is 10.4. The highest BCUT2D eigenvalue weighted by Gasteiger charge is 2.16. The summed E-state index contributed by atoms with van der Waals surface area (Å²) >= 11 is 0. The van der Waals surface area contributed by atoms with Gasteiger partial charge in [0.1, 0.15) is 11.5 Å². The van der Waals surface area contributed by atoms with Gasteiger partial charge in [-0.3, -0.25) is 19.9 Å². The zero-order chi connectivity index (χ0) is 28.6. The summed E-state index contributed by atoms with van der Waals surface area (Å²) in [5.74, 6) is -0.395. The first kappa shape index (κ1) is 25.3. The van der Waals surface area contributed by atoms with E-state index >= 15 is 0 Å². The summed E-state index contributed by atoms with van der Waals surface area (Å²) in [5.41, 5.74) is 8.97. The van der Waals surface area contributed by atoms with Gasteiger partial charge in [0.15, 0.2) is 0 Å². The Morgan fingerprint density at radius 2 is 1.69 bits per heavy atom. The Bertz CT molecular complexity index is 2080. The van der Waals surface area contributed by atoms with Gasteiger partial charge in [-0.1, -0.05) is 36.4 Å². The highest BCUT2D eigenvalue weighted by Crippen LogP contribution is 2.35. The number of hydrogen-bond donors (Lipinski definition) is 3. The van der Waals surface area contributed by atoms with Crippen molar-refractivity contribution in [2.75, 3.05) is 5.32 Å². The Balaban J connectivity index is 1.22. The van der Waals surface area contributed by atoms with Crippen LogP contribution in [0, 0.1) is 12.7 Å². The standard InChI is InChI=1S/C34H25FN6O/c1-20-11-23(14-25(35)12-20)33-28-17-31(39-29(28)9-10-37-33)34-27-16-22(7-8-30(27)40-41-34)24-15-26(19-36-18-24)38-32(42)13-21-5-3-2-4-6-21/h2-12,14-19,39H,13H2,1H3,(H,38,42)(H,40,41). The van der Waals surface area contributed by atoms with Crippen molar-refractivity contribution in [3.8, 4) is 33.8 Å². The van der Waals surface area contributed by atoms with Gasteiger partial charge in [0.05, 0.1) is 35.2 Å². The number of amides is 1. The summed E-state index contributed by atoms with van der Waals surface area (Å²) in [6.45, 7) is 1.87. The van der Waals surface area contributed by atoms with Crippen LogP contribution in [-0.2, 0) is 11.2 Å². The van der Waals surface area contributed by atoms with E-state index in [1.54, 1.807) is 18.6 Å². The van der Waals surface area contributed by atoms with Gasteiger partial charge < -0.3 is 10.3 Å². The quantitative estimate of drug-likeness (QED) is 0.199. The molecule has 204 valence electrons. The lowest BCUT2D eigenvalue weighted by atomic mass is 10.0. The lowest BCUT2D eigenvalue weighted by Gasteiger charge is -2.08. The largest absolute Gasteiger partial charge is 0.353 e. The molecule has 8 heteroatoms. The third-order valence-electron chi connectivity index (χ3n) is 7.24. The minimum Gasteiger partial charge on any atom is -0.353 e. The molecule has 3 aromatic carbocycles. The van der Waals surface area contributed by atoms with Crippen molar-refractivity contribution >= 4 is 33.4 Å². The van der Waals surface area contributed by atoms with Crippen LogP contribution in [0.4, 0.5) is 10.1 Å². The van der Waals surface area contributed by atoms with Crippen molar-refractivity contribution < 1.29 is 9.18 Å². The molecule has 0 saturated heterocycles. The molecule has 4 aromatic heterocycles. The number of halogens is 1. The van der Waals surface area contributed by atoms with E-state index in [0.717, 1.165) is 61.0 Å². The van der Waals surface area contributed by atoms with Crippen LogP contribution in [0.3, 0.4) is 0 Å². The molecule has 0 radical (unpaired) electrons. The first-order chi connectivity index (χ1) is 20.5. The minimum absolute atomic E-state index is 0.103. The first-order valence-electron chi connectivity index (χ1n) is 13.5. The van der Waals surface area contributed by atoms with Crippen LogP contribution in [0.1, 0.15) is 11.1 Å². The van der Waals surface area contributed by atoms with Crippen molar-refractivity contribution in [3.63, 3.8) is 0 Å². The van der Waals surface area contributed by atoms with Gasteiger partial charge in [-0.05, 0) is 72.1 Å². The Labute approximate surface area is 240 Å². The van der Waals surface area contributed by atoms with Gasteiger partial charge >= 0.3 is 0 Å². The van der Waals surface area contributed by atoms with Gasteiger partial charge in [0, 0.05) is 39.8 Å². The van der Waals surface area contributed by atoms with Crippen molar-refractivity contribution in [1.29, 1.82) is 0 Å². The van der Waals surface area contributed by atoms with Gasteiger partial charge in [0.25, 0.3) is 0 Å². The molecule has 0 atom stereocenters. The molecule has 0 fully saturated rings. The summed E-state index contributed by atoms with van der Waals surface area (Å²) < 4.78 is 14.2. The summed E-state index contributed by atoms with van der Waals surface area (Å²) in [6.07, 6.45) is 5.42. The number of pyridine rings is 2. The SMILES string of the molecule is Cc1cc(F)cc(-c2nccc3[nH]c(-c4n[nH]c5ccc(-c6cncc(NC(=O)Cc7ccccc7)c6)cc45)cc23)c1. The van der Waals surface area contributed by atoms with E-state index in [0.29, 0.717) is 11.4 Å². The van der Waals surface area contributed by atoms with Crippen LogP contribution in [0.5, 0.6) is 0 Å². The van der Waals surface area contributed by atoms with Crippen LogP contribution in [0.15, 0.2) is 104 Å². The zero-order valence-electron chi connectivity index (χ0n) is 22.6. The Morgan fingerprint density at radius 3 is 2.55 bits per heavy atom. The molecule has 0 aliphatic heterocycles. The number of hydrogen-bond acceptors (Lipinski definition) is 4. The molecule has 4 heterocycles. The molecule has 1 amide bonds. The number of carbonyl (C=O) groups excluding carboxylic acids is 1. The van der Waals surface area contributed by atoms with Crippen molar-refractivity contribution in [1.82, 2.24) is 25.1 Å². The summed E-state index contributed by atoms with van der Waals surface area (Å²) in [6, 6.07) is 26.4. The molecule has 0 bridgehead atoms. The van der Waals surface area contributed by atoms with Gasteiger partial charge in [-0.2, -0.15) is 5.10 Å². The Hall–Kier alpha value is -5.63. The smallest absolute Gasteiger partial charge is 0.228 e. The number of rotatable bonds is 6. The fourth-order valence-corrected chi connectivity index (χ4v) is 5.34. The molecule has 0 aliphatic rings. The molecular weight excluding hydrogens is 527 g/mol. The van der Waals surface area contributed by atoms with E-state index in [1.165, 1.54) is 12.1 Å². The van der Waals surface area contributed by atoms with Crippen molar-refractivity contribution in [2.45, 2.75) is 13.3 Å². The molecule has 7 nitrogen and oxygen atoms in total. The number of aromatic nitrogens is 5. The maximum atomic E-state index is 14.2. The topological polar surface area (TPSA) is 99.3 Å². The number of aryl methyl sites for hydroxylation is 1. The first-order valence-corrected chi connectivity index (χ1v) is 13.5. The highest BCUT2D eigenvalue weighted by atomic mass is 19.1. The second-order valence-electron chi connectivity index (χ2n) is 10.3. The van der Waals surface area contributed by atoms with E-state index in [4.69, 9.17) is 0 Å². The number of nitrogens with one attached hydrogen (secondary N) is 3. The minimum atomic E-state index is -0.292. The number of aromatic amines is 2. The number of anilines is 1. The number of fused-ring (bicyclic) bond motifs is 2. The van der Waals surface area contributed by atoms with Gasteiger partial charge in [-0.15, -0.1) is 0 Å². The summed E-state index contributed by atoms with van der Waals surface area (Å²) in [7, 11) is 0. The summed E-state index contributed by atoms with van der Waals surface area (Å²) in [4.78, 5) is 25.0. The molecule has 7 aromatic rings. The molecule has 0 spiro atoms. The Kier molecular flexibility index (Phi) is 6.28. The molecule has 0 saturated carbocycles. The fraction of sp³-hybridized carbons (Fsp3) is 0.0588.